The molecule has 0 heterocycles. The van der Waals surface area contributed by atoms with E-state index in [0.717, 1.165) is 6.07 Å². The number of hydrogen-bond acceptors (Lipinski definition) is 2. The normalized spacial score (nSPS) is 10.6. The number of alkyl halides is 3. The van der Waals surface area contributed by atoms with E-state index in [-0.39, 0.29) is 26.7 Å². The van der Waals surface area contributed by atoms with E-state index in [9.17, 15) is 13.6 Å². The van der Waals surface area contributed by atoms with Crippen LogP contribution in [0.5, 0.6) is 5.75 Å². The molecule has 0 spiro atoms. The molecule has 0 atom stereocenters. The van der Waals surface area contributed by atoms with Crippen molar-refractivity contribution < 1.29 is 18.3 Å². The van der Waals surface area contributed by atoms with Crippen LogP contribution >= 0.6 is 39.1 Å². The molecule has 0 aliphatic carbocycles. The van der Waals surface area contributed by atoms with E-state index in [4.69, 9.17) is 23.2 Å². The Morgan fingerprint density at radius 2 is 2.06 bits per heavy atom. The third kappa shape index (κ3) is 3.30. The van der Waals surface area contributed by atoms with Crippen molar-refractivity contribution >= 4 is 44.9 Å². The maximum atomic E-state index is 12.1. The average molecular weight is 334 g/mol. The molecule has 1 aromatic rings. The minimum Gasteiger partial charge on any atom is -0.434 e. The van der Waals surface area contributed by atoms with Gasteiger partial charge in [-0.05, 0) is 12.1 Å². The topological polar surface area (TPSA) is 26.3 Å². The van der Waals surface area contributed by atoms with E-state index >= 15 is 0 Å². The van der Waals surface area contributed by atoms with Gasteiger partial charge in [0.25, 0.3) is 0 Å². The Hall–Kier alpha value is -0.390. The molecule has 0 bridgehead atoms. The zero-order valence-electron chi connectivity index (χ0n) is 7.65. The molecular weight excluding hydrogens is 329 g/mol. The Morgan fingerprint density at radius 3 is 2.56 bits per heavy atom. The molecule has 0 N–H and O–H groups in total. The van der Waals surface area contributed by atoms with Crippen LogP contribution in [0.3, 0.4) is 0 Å². The highest BCUT2D eigenvalue weighted by Gasteiger charge is 2.19. The molecule has 16 heavy (non-hydrogen) atoms. The number of halogens is 5. The number of hydrogen-bond donors (Lipinski definition) is 0. The Balaban J connectivity index is 3.26. The van der Waals surface area contributed by atoms with Gasteiger partial charge in [0.05, 0.1) is 15.9 Å². The first kappa shape index (κ1) is 13.7. The van der Waals surface area contributed by atoms with E-state index in [0.29, 0.717) is 0 Å². The van der Waals surface area contributed by atoms with Crippen molar-refractivity contribution in [1.82, 2.24) is 0 Å². The van der Waals surface area contributed by atoms with Crippen LogP contribution in [0, 0.1) is 0 Å². The summed E-state index contributed by atoms with van der Waals surface area (Å²) < 4.78 is 28.4. The van der Waals surface area contributed by atoms with Crippen molar-refractivity contribution in [3.63, 3.8) is 0 Å². The first-order chi connectivity index (χ1) is 7.45. The van der Waals surface area contributed by atoms with Crippen LogP contribution in [0.1, 0.15) is 10.4 Å². The number of Topliss-reactive ketones (excluding diaryl/α,β-unsaturated/α-hetero) is 1. The number of benzene rings is 1. The lowest BCUT2D eigenvalue weighted by Gasteiger charge is -2.11. The van der Waals surface area contributed by atoms with Crippen LogP contribution in [0.2, 0.25) is 10.0 Å². The maximum absolute atomic E-state index is 12.1. The molecule has 0 fully saturated rings. The molecule has 0 radical (unpaired) electrons. The number of ether oxygens (including phenoxy) is 1. The second-order valence-electron chi connectivity index (χ2n) is 2.70. The fourth-order valence-corrected chi connectivity index (χ4v) is 1.94. The summed E-state index contributed by atoms with van der Waals surface area (Å²) in [7, 11) is 0. The van der Waals surface area contributed by atoms with Gasteiger partial charge < -0.3 is 4.74 Å². The fourth-order valence-electron chi connectivity index (χ4n) is 1.08. The van der Waals surface area contributed by atoms with Gasteiger partial charge in [-0.25, -0.2) is 0 Å². The van der Waals surface area contributed by atoms with Crippen LogP contribution in [-0.4, -0.2) is 17.7 Å². The third-order valence-corrected chi connectivity index (χ3v) is 2.66. The highest BCUT2D eigenvalue weighted by molar-refractivity contribution is 9.09. The summed E-state index contributed by atoms with van der Waals surface area (Å²) in [4.78, 5) is 11.4. The number of carbonyl (C=O) groups is 1. The van der Waals surface area contributed by atoms with E-state index < -0.39 is 12.4 Å². The van der Waals surface area contributed by atoms with Gasteiger partial charge in [0.15, 0.2) is 5.78 Å². The van der Waals surface area contributed by atoms with Gasteiger partial charge in [0.2, 0.25) is 0 Å². The van der Waals surface area contributed by atoms with Crippen molar-refractivity contribution in [2.45, 2.75) is 6.61 Å². The summed E-state index contributed by atoms with van der Waals surface area (Å²) in [6.45, 7) is -3.04. The molecule has 0 amide bonds. The zero-order valence-corrected chi connectivity index (χ0v) is 10.7. The second-order valence-corrected chi connectivity index (χ2v) is 4.10. The molecule has 2 nitrogen and oxygen atoms in total. The SMILES string of the molecule is O=C(CBr)c1c(Cl)cc(Cl)cc1OC(F)F. The zero-order chi connectivity index (χ0) is 12.3. The van der Waals surface area contributed by atoms with Gasteiger partial charge in [-0.3, -0.25) is 4.79 Å². The minimum atomic E-state index is -3.04. The summed E-state index contributed by atoms with van der Waals surface area (Å²) >= 11 is 14.3. The van der Waals surface area contributed by atoms with Gasteiger partial charge in [-0.15, -0.1) is 0 Å². The summed E-state index contributed by atoms with van der Waals surface area (Å²) in [5.41, 5.74) is -0.108. The largest absolute Gasteiger partial charge is 0.434 e. The molecule has 1 aromatic carbocycles. The lowest BCUT2D eigenvalue weighted by Crippen LogP contribution is -2.09. The van der Waals surface area contributed by atoms with Crippen molar-refractivity contribution in [1.29, 1.82) is 0 Å². The monoisotopic (exact) mass is 332 g/mol. The molecular formula is C9H5BrCl2F2O2. The van der Waals surface area contributed by atoms with Crippen LogP contribution in [0.15, 0.2) is 12.1 Å². The molecule has 0 unspecified atom stereocenters. The van der Waals surface area contributed by atoms with Gasteiger partial charge >= 0.3 is 6.61 Å². The number of ketones is 1. The molecule has 1 rings (SSSR count). The summed E-state index contributed by atoms with van der Waals surface area (Å²) in [6, 6.07) is 2.41. The quantitative estimate of drug-likeness (QED) is 0.610. The molecule has 0 aliphatic heterocycles. The number of rotatable bonds is 4. The molecule has 0 saturated carbocycles. The molecule has 88 valence electrons. The highest BCUT2D eigenvalue weighted by Crippen LogP contribution is 2.32. The predicted molar refractivity (Wildman–Crippen MR) is 61.2 cm³/mol. The summed E-state index contributed by atoms with van der Waals surface area (Å²) in [6.07, 6.45) is 0. The Labute approximate surface area is 109 Å². The van der Waals surface area contributed by atoms with Crippen LogP contribution < -0.4 is 4.74 Å². The Kier molecular flexibility index (Phi) is 4.95. The predicted octanol–water partition coefficient (Wildman–Crippen LogP) is 4.17. The van der Waals surface area contributed by atoms with Crippen LogP contribution in [0.4, 0.5) is 8.78 Å². The smallest absolute Gasteiger partial charge is 0.387 e. The van der Waals surface area contributed by atoms with Crippen molar-refractivity contribution in [3.05, 3.63) is 27.7 Å². The molecule has 7 heteroatoms. The summed E-state index contributed by atoms with van der Waals surface area (Å²) in [5.74, 6) is -0.783. The van der Waals surface area contributed by atoms with Gasteiger partial charge in [-0.1, -0.05) is 39.1 Å². The van der Waals surface area contributed by atoms with Crippen LogP contribution in [0.25, 0.3) is 0 Å². The fraction of sp³-hybridized carbons (Fsp3) is 0.222. The number of carbonyl (C=O) groups excluding carboxylic acids is 1. The third-order valence-electron chi connectivity index (χ3n) is 1.64. The first-order valence-corrected chi connectivity index (χ1v) is 5.86. The van der Waals surface area contributed by atoms with E-state index in [1.807, 2.05) is 0 Å². The minimum absolute atomic E-state index is 0.0207. The van der Waals surface area contributed by atoms with E-state index in [1.165, 1.54) is 6.07 Å². The first-order valence-electron chi connectivity index (χ1n) is 3.98. The van der Waals surface area contributed by atoms with Crippen molar-refractivity contribution in [2.75, 3.05) is 5.33 Å². The standard InChI is InChI=1S/C9H5BrCl2F2O2/c10-3-6(15)8-5(12)1-4(11)2-7(8)16-9(13)14/h1-2,9H,3H2. The second kappa shape index (κ2) is 5.80. The van der Waals surface area contributed by atoms with Crippen molar-refractivity contribution in [2.24, 2.45) is 0 Å². The average Bonchev–Trinajstić information content (AvgIpc) is 2.14. The van der Waals surface area contributed by atoms with Crippen LogP contribution in [-0.2, 0) is 0 Å². The van der Waals surface area contributed by atoms with Gasteiger partial charge in [0.1, 0.15) is 5.75 Å². The highest BCUT2D eigenvalue weighted by atomic mass is 79.9. The molecule has 0 saturated heterocycles. The van der Waals surface area contributed by atoms with Gasteiger partial charge in [-0.2, -0.15) is 8.78 Å². The summed E-state index contributed by atoms with van der Waals surface area (Å²) in [5, 5.41) is 0.0490. The lowest BCUT2D eigenvalue weighted by molar-refractivity contribution is -0.0501. The molecule has 0 aromatic heterocycles. The van der Waals surface area contributed by atoms with Gasteiger partial charge in [0, 0.05) is 5.02 Å². The lowest BCUT2D eigenvalue weighted by atomic mass is 10.1. The van der Waals surface area contributed by atoms with E-state index in [2.05, 4.69) is 20.7 Å². The maximum Gasteiger partial charge on any atom is 0.387 e. The Morgan fingerprint density at radius 1 is 1.44 bits per heavy atom. The van der Waals surface area contributed by atoms with E-state index in [1.54, 1.807) is 0 Å². The Bertz CT molecular complexity index is 413. The molecule has 0 aliphatic rings. The van der Waals surface area contributed by atoms with Crippen molar-refractivity contribution in [3.8, 4) is 5.75 Å².